The fourth-order valence-corrected chi connectivity index (χ4v) is 2.39. The summed E-state index contributed by atoms with van der Waals surface area (Å²) in [6.45, 7) is 1.41. The SMILES string of the molecule is C[C@@H](Nc1nc(N[C@H](C)C(F)(F)F)nc(C2=C(F)C(=O)C(F)CCC2)n1)C(F)(F)F. The van der Waals surface area contributed by atoms with E-state index in [1.54, 1.807) is 0 Å². The van der Waals surface area contributed by atoms with E-state index in [2.05, 4.69) is 15.0 Å². The minimum atomic E-state index is -4.75. The number of rotatable bonds is 5. The lowest BCUT2D eigenvalue weighted by atomic mass is 10.1. The van der Waals surface area contributed by atoms with Crippen molar-refractivity contribution in [1.29, 1.82) is 0 Å². The predicted octanol–water partition coefficient (Wildman–Crippen LogP) is 4.37. The van der Waals surface area contributed by atoms with Gasteiger partial charge in [0.05, 0.1) is 0 Å². The first-order valence-electron chi connectivity index (χ1n) is 8.70. The van der Waals surface area contributed by atoms with Crippen LogP contribution in [0.5, 0.6) is 0 Å². The van der Waals surface area contributed by atoms with Crippen LogP contribution in [-0.4, -0.2) is 51.3 Å². The lowest BCUT2D eigenvalue weighted by Gasteiger charge is -2.20. The molecule has 1 unspecified atom stereocenters. The van der Waals surface area contributed by atoms with Crippen LogP contribution in [0.3, 0.4) is 0 Å². The van der Waals surface area contributed by atoms with Crippen LogP contribution >= 0.6 is 0 Å². The Labute approximate surface area is 165 Å². The van der Waals surface area contributed by atoms with Gasteiger partial charge in [-0.2, -0.15) is 41.3 Å². The maximum atomic E-state index is 14.4. The minimum Gasteiger partial charge on any atom is -0.343 e. The number of carbonyl (C=O) groups is 1. The van der Waals surface area contributed by atoms with Gasteiger partial charge < -0.3 is 10.6 Å². The zero-order chi connectivity index (χ0) is 22.9. The molecule has 0 bridgehead atoms. The lowest BCUT2D eigenvalue weighted by molar-refractivity contribution is -0.139. The van der Waals surface area contributed by atoms with Crippen LogP contribution in [0, 0.1) is 0 Å². The molecule has 14 heteroatoms. The van der Waals surface area contributed by atoms with Gasteiger partial charge in [-0.1, -0.05) is 0 Å². The van der Waals surface area contributed by atoms with Gasteiger partial charge >= 0.3 is 12.4 Å². The summed E-state index contributed by atoms with van der Waals surface area (Å²) in [6, 6.07) is -4.41. The van der Waals surface area contributed by atoms with E-state index >= 15 is 0 Å². The van der Waals surface area contributed by atoms with Crippen molar-refractivity contribution in [3.8, 4) is 0 Å². The van der Waals surface area contributed by atoms with Gasteiger partial charge in [0.1, 0.15) is 12.1 Å². The second kappa shape index (κ2) is 8.68. The van der Waals surface area contributed by atoms with Gasteiger partial charge in [-0.05, 0) is 33.1 Å². The number of nitrogens with zero attached hydrogens (tertiary/aromatic N) is 3. The van der Waals surface area contributed by atoms with Gasteiger partial charge in [0.25, 0.3) is 0 Å². The van der Waals surface area contributed by atoms with Gasteiger partial charge in [-0.25, -0.2) is 8.78 Å². The van der Waals surface area contributed by atoms with Crippen LogP contribution in [0.25, 0.3) is 5.57 Å². The molecule has 0 aliphatic heterocycles. The highest BCUT2D eigenvalue weighted by atomic mass is 19.4. The van der Waals surface area contributed by atoms with E-state index in [4.69, 9.17) is 0 Å². The van der Waals surface area contributed by atoms with E-state index in [0.717, 1.165) is 0 Å². The molecule has 0 saturated carbocycles. The monoisotopic (exact) mass is 447 g/mol. The van der Waals surface area contributed by atoms with E-state index in [9.17, 15) is 39.9 Å². The summed E-state index contributed by atoms with van der Waals surface area (Å²) in [5, 5.41) is 3.70. The van der Waals surface area contributed by atoms with Gasteiger partial charge in [0.2, 0.25) is 17.7 Å². The summed E-state index contributed by atoms with van der Waals surface area (Å²) in [4.78, 5) is 22.4. The molecule has 168 valence electrons. The van der Waals surface area contributed by atoms with Crippen molar-refractivity contribution in [3.05, 3.63) is 11.7 Å². The molecule has 30 heavy (non-hydrogen) atoms. The number of halogens is 8. The lowest BCUT2D eigenvalue weighted by Crippen LogP contribution is -2.35. The van der Waals surface area contributed by atoms with E-state index in [0.29, 0.717) is 13.8 Å². The summed E-state index contributed by atoms with van der Waals surface area (Å²) >= 11 is 0. The first-order valence-corrected chi connectivity index (χ1v) is 8.70. The maximum absolute atomic E-state index is 14.4. The van der Waals surface area contributed by atoms with E-state index < -0.39 is 65.5 Å². The Morgan fingerprint density at radius 3 is 1.83 bits per heavy atom. The summed E-state index contributed by atoms with van der Waals surface area (Å²) in [5.41, 5.74) is -0.520. The molecule has 6 nitrogen and oxygen atoms in total. The average molecular weight is 447 g/mol. The molecule has 1 aromatic heterocycles. The number of hydrogen-bond acceptors (Lipinski definition) is 6. The number of hydrogen-bond donors (Lipinski definition) is 2. The molecule has 2 N–H and O–H groups in total. The largest absolute Gasteiger partial charge is 0.408 e. The van der Waals surface area contributed by atoms with Crippen LogP contribution in [0.4, 0.5) is 47.0 Å². The Morgan fingerprint density at radius 1 is 0.933 bits per heavy atom. The number of allylic oxidation sites excluding steroid dienone is 2. The summed E-state index contributed by atoms with van der Waals surface area (Å²) < 4.78 is 105. The van der Waals surface area contributed by atoms with Gasteiger partial charge in [-0.3, -0.25) is 4.79 Å². The Hall–Kier alpha value is -2.54. The van der Waals surface area contributed by atoms with Crippen molar-refractivity contribution in [2.75, 3.05) is 10.6 Å². The number of alkyl halides is 7. The third-order valence-corrected chi connectivity index (χ3v) is 4.23. The smallest absolute Gasteiger partial charge is 0.343 e. The Kier molecular flexibility index (Phi) is 6.87. The van der Waals surface area contributed by atoms with Gasteiger partial charge in [0.15, 0.2) is 17.8 Å². The topological polar surface area (TPSA) is 79.8 Å². The predicted molar refractivity (Wildman–Crippen MR) is 89.9 cm³/mol. The molecular formula is C16H17F8N5O. The Morgan fingerprint density at radius 2 is 1.40 bits per heavy atom. The number of anilines is 2. The minimum absolute atomic E-state index is 0.00915. The van der Waals surface area contributed by atoms with E-state index in [1.165, 1.54) is 0 Å². The third-order valence-electron chi connectivity index (χ3n) is 4.23. The number of Topliss-reactive ketones (excluding diaryl/α,β-unsaturated/α-hetero) is 1. The number of nitrogens with one attached hydrogen (secondary N) is 2. The van der Waals surface area contributed by atoms with Crippen molar-refractivity contribution < 1.29 is 39.9 Å². The first-order chi connectivity index (χ1) is 13.7. The Balaban J connectivity index is 2.51. The van der Waals surface area contributed by atoms with Crippen LogP contribution in [0.15, 0.2) is 5.83 Å². The van der Waals surface area contributed by atoms with Crippen molar-refractivity contribution >= 4 is 23.3 Å². The second-order valence-electron chi connectivity index (χ2n) is 6.64. The number of carbonyl (C=O) groups excluding carboxylic acids is 1. The van der Waals surface area contributed by atoms with Crippen LogP contribution in [-0.2, 0) is 4.79 Å². The molecule has 1 aliphatic carbocycles. The van der Waals surface area contributed by atoms with E-state index in [-0.39, 0.29) is 19.3 Å². The summed E-state index contributed by atoms with van der Waals surface area (Å²) in [7, 11) is 0. The molecule has 1 aliphatic rings. The van der Waals surface area contributed by atoms with Crippen LogP contribution < -0.4 is 10.6 Å². The summed E-state index contributed by atoms with van der Waals surface area (Å²) in [5.74, 6) is -5.28. The van der Waals surface area contributed by atoms with Gasteiger partial charge in [0, 0.05) is 5.57 Å². The van der Waals surface area contributed by atoms with Crippen LogP contribution in [0.1, 0.15) is 38.9 Å². The van der Waals surface area contributed by atoms with Crippen molar-refractivity contribution in [2.24, 2.45) is 0 Å². The van der Waals surface area contributed by atoms with Crippen molar-refractivity contribution in [3.63, 3.8) is 0 Å². The maximum Gasteiger partial charge on any atom is 0.408 e. The summed E-state index contributed by atoms with van der Waals surface area (Å²) in [6.07, 6.45) is -12.2. The average Bonchev–Trinajstić information content (AvgIpc) is 2.73. The molecule has 0 fully saturated rings. The van der Waals surface area contributed by atoms with Crippen LogP contribution in [0.2, 0.25) is 0 Å². The first kappa shape index (κ1) is 23.7. The fraction of sp³-hybridized carbons (Fsp3) is 0.625. The zero-order valence-electron chi connectivity index (χ0n) is 15.6. The fourth-order valence-electron chi connectivity index (χ4n) is 2.39. The van der Waals surface area contributed by atoms with Crippen molar-refractivity contribution in [1.82, 2.24) is 15.0 Å². The molecule has 3 atom stereocenters. The Bertz CT molecular complexity index is 783. The molecule has 2 rings (SSSR count). The molecule has 0 radical (unpaired) electrons. The number of aromatic nitrogens is 3. The number of ketones is 1. The third kappa shape index (κ3) is 5.75. The van der Waals surface area contributed by atoms with E-state index in [1.807, 2.05) is 10.6 Å². The van der Waals surface area contributed by atoms with Gasteiger partial charge in [-0.15, -0.1) is 0 Å². The normalized spacial score (nSPS) is 20.6. The molecule has 0 amide bonds. The highest BCUT2D eigenvalue weighted by Crippen LogP contribution is 2.31. The highest BCUT2D eigenvalue weighted by molar-refractivity contribution is 6.03. The zero-order valence-corrected chi connectivity index (χ0v) is 15.6. The van der Waals surface area contributed by atoms with Crippen molar-refractivity contribution in [2.45, 2.75) is 63.7 Å². The molecule has 0 saturated heterocycles. The standard InChI is InChI=1S/C16H17F8N5O/c1-6(15(19,20)21)25-13-27-12(8-4-3-5-9(17)11(30)10(8)18)28-14(29-13)26-7(2)16(22,23)24/h6-7,9H,3-5H2,1-2H3,(H2,25,26,27,28,29)/t6-,7-,9?/m1/s1. The second-order valence-corrected chi connectivity index (χ2v) is 6.64. The molecule has 1 aromatic rings. The molecule has 0 spiro atoms. The molecule has 0 aromatic carbocycles. The molecular weight excluding hydrogens is 430 g/mol. The highest BCUT2D eigenvalue weighted by Gasteiger charge is 2.38. The quantitative estimate of drug-likeness (QED) is 0.653. The molecule has 1 heterocycles.